The van der Waals surface area contributed by atoms with Crippen molar-refractivity contribution >= 4 is 23.4 Å². The lowest BCUT2D eigenvalue weighted by Gasteiger charge is -2.08. The van der Waals surface area contributed by atoms with E-state index < -0.39 is 12.0 Å². The maximum absolute atomic E-state index is 11.6. The van der Waals surface area contributed by atoms with Crippen molar-refractivity contribution in [3.05, 3.63) is 41.7 Å². The van der Waals surface area contributed by atoms with Crippen LogP contribution in [0.5, 0.6) is 0 Å². The van der Waals surface area contributed by atoms with Crippen LogP contribution in [0.25, 0.3) is 0 Å². The van der Waals surface area contributed by atoms with Gasteiger partial charge in [-0.15, -0.1) is 0 Å². The van der Waals surface area contributed by atoms with Crippen LogP contribution < -0.4 is 10.6 Å². The second-order valence-corrected chi connectivity index (χ2v) is 3.90. The average molecular weight is 260 g/mol. The van der Waals surface area contributed by atoms with Crippen molar-refractivity contribution < 1.29 is 14.7 Å². The number of anilines is 2. The summed E-state index contributed by atoms with van der Waals surface area (Å²) >= 11 is 0. The van der Waals surface area contributed by atoms with Gasteiger partial charge >= 0.3 is 12.0 Å². The third-order valence-corrected chi connectivity index (χ3v) is 2.48. The molecule has 0 saturated carbocycles. The number of carbonyl (C=O) groups excluding carboxylic acids is 1. The summed E-state index contributed by atoms with van der Waals surface area (Å²) in [4.78, 5) is 22.6. The number of amides is 2. The Morgan fingerprint density at radius 2 is 2.00 bits per heavy atom. The molecule has 2 aromatic rings. The minimum atomic E-state index is -1.03. The first-order valence-electron chi connectivity index (χ1n) is 5.47. The lowest BCUT2D eigenvalue weighted by atomic mass is 10.1. The molecule has 19 heavy (non-hydrogen) atoms. The van der Waals surface area contributed by atoms with Crippen molar-refractivity contribution in [3.8, 4) is 0 Å². The number of benzene rings is 1. The van der Waals surface area contributed by atoms with Crippen molar-refractivity contribution in [2.24, 2.45) is 0 Å². The molecule has 98 valence electrons. The number of aryl methyl sites for hydroxylation is 1. The zero-order valence-corrected chi connectivity index (χ0v) is 10.1. The summed E-state index contributed by atoms with van der Waals surface area (Å²) < 4.78 is 0. The predicted molar refractivity (Wildman–Crippen MR) is 69.4 cm³/mol. The number of carboxylic acids is 1. The van der Waals surface area contributed by atoms with E-state index in [0.717, 1.165) is 0 Å². The highest BCUT2D eigenvalue weighted by Gasteiger charge is 2.09. The van der Waals surface area contributed by atoms with Gasteiger partial charge in [-0.3, -0.25) is 5.10 Å². The Labute approximate surface area is 108 Å². The summed E-state index contributed by atoms with van der Waals surface area (Å²) in [5, 5.41) is 20.3. The van der Waals surface area contributed by atoms with E-state index >= 15 is 0 Å². The monoisotopic (exact) mass is 260 g/mol. The van der Waals surface area contributed by atoms with E-state index in [1.54, 1.807) is 19.1 Å². The molecule has 0 radical (unpaired) electrons. The molecule has 1 heterocycles. The molecule has 1 aromatic carbocycles. The van der Waals surface area contributed by atoms with Gasteiger partial charge in [0.15, 0.2) is 0 Å². The number of hydrogen-bond acceptors (Lipinski definition) is 3. The van der Waals surface area contributed by atoms with Crippen LogP contribution in [-0.4, -0.2) is 27.3 Å². The molecule has 2 rings (SSSR count). The number of carboxylic acid groups (broad SMARTS) is 1. The summed E-state index contributed by atoms with van der Waals surface area (Å²) in [7, 11) is 0. The first kappa shape index (κ1) is 12.6. The van der Waals surface area contributed by atoms with Gasteiger partial charge in [-0.25, -0.2) is 9.59 Å². The standard InChI is InChI=1S/C12H12N4O3/c1-7-2-3-8(4-10(7)11(17)18)15-12(19)16-9-5-13-14-6-9/h2-6H,1H3,(H,13,14)(H,17,18)(H2,15,16,19). The molecule has 0 saturated heterocycles. The number of carbonyl (C=O) groups is 2. The van der Waals surface area contributed by atoms with E-state index in [1.165, 1.54) is 18.5 Å². The van der Waals surface area contributed by atoms with Crippen LogP contribution in [0.3, 0.4) is 0 Å². The molecule has 7 nitrogen and oxygen atoms in total. The zero-order valence-electron chi connectivity index (χ0n) is 10.1. The summed E-state index contributed by atoms with van der Waals surface area (Å²) in [5.74, 6) is -1.03. The minimum Gasteiger partial charge on any atom is -0.478 e. The van der Waals surface area contributed by atoms with E-state index in [9.17, 15) is 9.59 Å². The molecule has 2 amide bonds. The fourth-order valence-electron chi connectivity index (χ4n) is 1.54. The van der Waals surface area contributed by atoms with E-state index in [1.807, 2.05) is 0 Å². The van der Waals surface area contributed by atoms with Gasteiger partial charge in [-0.2, -0.15) is 5.10 Å². The highest BCUT2D eigenvalue weighted by atomic mass is 16.4. The second-order valence-electron chi connectivity index (χ2n) is 3.90. The highest BCUT2D eigenvalue weighted by molar-refractivity contribution is 6.00. The number of urea groups is 1. The number of nitrogens with one attached hydrogen (secondary N) is 3. The van der Waals surface area contributed by atoms with Crippen LogP contribution in [0.2, 0.25) is 0 Å². The molecule has 0 bridgehead atoms. The van der Waals surface area contributed by atoms with Crippen molar-refractivity contribution in [1.29, 1.82) is 0 Å². The lowest BCUT2D eigenvalue weighted by Crippen LogP contribution is -2.19. The molecule has 0 aliphatic heterocycles. The van der Waals surface area contributed by atoms with Crippen molar-refractivity contribution in [2.75, 3.05) is 10.6 Å². The molecule has 4 N–H and O–H groups in total. The highest BCUT2D eigenvalue weighted by Crippen LogP contribution is 2.15. The van der Waals surface area contributed by atoms with Crippen LogP contribution in [0.15, 0.2) is 30.6 Å². The number of nitrogens with zero attached hydrogens (tertiary/aromatic N) is 1. The Bertz CT molecular complexity index is 607. The number of aromatic amines is 1. The summed E-state index contributed by atoms with van der Waals surface area (Å²) in [6.45, 7) is 1.69. The number of H-pyrrole nitrogens is 1. The lowest BCUT2D eigenvalue weighted by molar-refractivity contribution is 0.0696. The van der Waals surface area contributed by atoms with Crippen molar-refractivity contribution in [3.63, 3.8) is 0 Å². The SMILES string of the molecule is Cc1ccc(NC(=O)Nc2cn[nH]c2)cc1C(=O)O. The fraction of sp³-hybridized carbons (Fsp3) is 0.0833. The molecular weight excluding hydrogens is 248 g/mol. The summed E-state index contributed by atoms with van der Waals surface area (Å²) in [5.41, 5.74) is 1.71. The Balaban J connectivity index is 2.09. The molecule has 0 fully saturated rings. The number of aromatic carboxylic acids is 1. The summed E-state index contributed by atoms with van der Waals surface area (Å²) in [6.07, 6.45) is 2.98. The van der Waals surface area contributed by atoms with Crippen molar-refractivity contribution in [1.82, 2.24) is 10.2 Å². The third kappa shape index (κ3) is 3.09. The van der Waals surface area contributed by atoms with E-state index in [4.69, 9.17) is 5.11 Å². The van der Waals surface area contributed by atoms with Crippen LogP contribution in [0, 0.1) is 6.92 Å². The fourth-order valence-corrected chi connectivity index (χ4v) is 1.54. The molecule has 0 aliphatic rings. The van der Waals surface area contributed by atoms with Crippen LogP contribution in [0.4, 0.5) is 16.2 Å². The third-order valence-electron chi connectivity index (χ3n) is 2.48. The average Bonchev–Trinajstić information content (AvgIpc) is 2.84. The van der Waals surface area contributed by atoms with Gasteiger partial charge in [0, 0.05) is 11.9 Å². The maximum atomic E-state index is 11.6. The number of aromatic nitrogens is 2. The molecule has 0 aliphatic carbocycles. The molecule has 1 aromatic heterocycles. The van der Waals surface area contributed by atoms with Crippen LogP contribution >= 0.6 is 0 Å². The van der Waals surface area contributed by atoms with Gasteiger partial charge in [0.05, 0.1) is 17.4 Å². The van der Waals surface area contributed by atoms with E-state index in [0.29, 0.717) is 16.9 Å². The molecular formula is C12H12N4O3. The quantitative estimate of drug-likeness (QED) is 0.677. The minimum absolute atomic E-state index is 0.154. The second kappa shape index (κ2) is 5.21. The first-order valence-corrected chi connectivity index (χ1v) is 5.47. The molecule has 0 atom stereocenters. The Morgan fingerprint density at radius 3 is 2.63 bits per heavy atom. The maximum Gasteiger partial charge on any atom is 0.336 e. The Kier molecular flexibility index (Phi) is 3.46. The van der Waals surface area contributed by atoms with Crippen molar-refractivity contribution in [2.45, 2.75) is 6.92 Å². The Morgan fingerprint density at radius 1 is 1.26 bits per heavy atom. The molecule has 7 heteroatoms. The van der Waals surface area contributed by atoms with Gasteiger partial charge in [-0.05, 0) is 24.6 Å². The molecule has 0 spiro atoms. The van der Waals surface area contributed by atoms with Gasteiger partial charge in [0.2, 0.25) is 0 Å². The Hall–Kier alpha value is -2.83. The van der Waals surface area contributed by atoms with E-state index in [2.05, 4.69) is 20.8 Å². The topological polar surface area (TPSA) is 107 Å². The first-order chi connectivity index (χ1) is 9.06. The summed E-state index contributed by atoms with van der Waals surface area (Å²) in [6, 6.07) is 4.21. The van der Waals surface area contributed by atoms with Crippen LogP contribution in [-0.2, 0) is 0 Å². The van der Waals surface area contributed by atoms with Gasteiger partial charge in [0.25, 0.3) is 0 Å². The number of rotatable bonds is 3. The van der Waals surface area contributed by atoms with E-state index in [-0.39, 0.29) is 5.56 Å². The van der Waals surface area contributed by atoms with Gasteiger partial charge < -0.3 is 15.7 Å². The molecule has 0 unspecified atom stereocenters. The van der Waals surface area contributed by atoms with Gasteiger partial charge in [-0.1, -0.05) is 6.07 Å². The normalized spacial score (nSPS) is 9.95. The van der Waals surface area contributed by atoms with Gasteiger partial charge in [0.1, 0.15) is 0 Å². The predicted octanol–water partition coefficient (Wildman–Crippen LogP) is 2.06. The number of hydrogen-bond donors (Lipinski definition) is 4. The van der Waals surface area contributed by atoms with Crippen LogP contribution in [0.1, 0.15) is 15.9 Å². The largest absolute Gasteiger partial charge is 0.478 e. The zero-order chi connectivity index (χ0) is 13.8. The smallest absolute Gasteiger partial charge is 0.336 e.